The maximum absolute atomic E-state index is 12.0. The second-order valence-electron chi connectivity index (χ2n) is 4.25. The number of carbonyl (C=O) groups excluding carboxylic acids is 1. The minimum Gasteiger partial charge on any atom is -0.494 e. The van der Waals surface area contributed by atoms with Crippen molar-refractivity contribution in [2.24, 2.45) is 5.92 Å². The number of benzene rings is 1. The fourth-order valence-corrected chi connectivity index (χ4v) is 2.19. The van der Waals surface area contributed by atoms with Crippen LogP contribution in [0.2, 0.25) is 0 Å². The molecule has 0 aromatic heterocycles. The monoisotopic (exact) mass is 265 g/mol. The molecule has 1 atom stereocenters. The summed E-state index contributed by atoms with van der Waals surface area (Å²) in [4.78, 5) is 24.4. The molecule has 0 aliphatic carbocycles. The first-order valence-corrected chi connectivity index (χ1v) is 5.82. The van der Waals surface area contributed by atoms with Gasteiger partial charge in [-0.15, -0.1) is 0 Å². The summed E-state index contributed by atoms with van der Waals surface area (Å²) in [6.07, 6.45) is -0.00344. The van der Waals surface area contributed by atoms with E-state index in [9.17, 15) is 9.59 Å². The molecule has 6 heteroatoms. The number of carboxylic acids is 1. The van der Waals surface area contributed by atoms with Crippen LogP contribution in [0.25, 0.3) is 0 Å². The Bertz CT molecular complexity index is 492. The summed E-state index contributed by atoms with van der Waals surface area (Å²) in [5.41, 5.74) is 0.487. The molecule has 1 heterocycles. The van der Waals surface area contributed by atoms with E-state index in [0.717, 1.165) is 0 Å². The topological polar surface area (TPSA) is 76.1 Å². The van der Waals surface area contributed by atoms with Gasteiger partial charge in [-0.05, 0) is 12.1 Å². The van der Waals surface area contributed by atoms with E-state index in [4.69, 9.17) is 14.6 Å². The summed E-state index contributed by atoms with van der Waals surface area (Å²) in [5, 5.41) is 9.01. The van der Waals surface area contributed by atoms with Gasteiger partial charge in [0, 0.05) is 13.0 Å². The molecule has 2 rings (SSSR count). The molecule has 1 aromatic rings. The maximum Gasteiger partial charge on any atom is 0.308 e. The highest BCUT2D eigenvalue weighted by Gasteiger charge is 2.37. The number of nitrogens with zero attached hydrogens (tertiary/aromatic N) is 1. The minimum absolute atomic E-state index is 0.00344. The van der Waals surface area contributed by atoms with Crippen LogP contribution < -0.4 is 14.4 Å². The van der Waals surface area contributed by atoms with Gasteiger partial charge in [-0.25, -0.2) is 0 Å². The third kappa shape index (κ3) is 2.33. The lowest BCUT2D eigenvalue weighted by atomic mass is 10.1. The lowest BCUT2D eigenvalue weighted by molar-refractivity contribution is -0.141. The zero-order valence-corrected chi connectivity index (χ0v) is 10.8. The van der Waals surface area contributed by atoms with Gasteiger partial charge in [0.05, 0.1) is 20.1 Å². The van der Waals surface area contributed by atoms with Crippen molar-refractivity contribution in [2.45, 2.75) is 6.42 Å². The van der Waals surface area contributed by atoms with Gasteiger partial charge in [-0.1, -0.05) is 6.07 Å². The Morgan fingerprint density at radius 2 is 1.89 bits per heavy atom. The van der Waals surface area contributed by atoms with Crippen LogP contribution in [0, 0.1) is 5.92 Å². The van der Waals surface area contributed by atoms with Crippen molar-refractivity contribution in [2.75, 3.05) is 25.7 Å². The Hall–Kier alpha value is -2.24. The molecule has 1 aromatic carbocycles. The van der Waals surface area contributed by atoms with E-state index in [0.29, 0.717) is 17.2 Å². The molecule has 1 amide bonds. The van der Waals surface area contributed by atoms with Crippen molar-refractivity contribution in [3.05, 3.63) is 18.2 Å². The lowest BCUT2D eigenvalue weighted by Gasteiger charge is -2.21. The zero-order chi connectivity index (χ0) is 14.0. The van der Waals surface area contributed by atoms with Crippen LogP contribution in [-0.4, -0.2) is 37.7 Å². The predicted molar refractivity (Wildman–Crippen MR) is 67.6 cm³/mol. The number of rotatable bonds is 4. The van der Waals surface area contributed by atoms with E-state index in [-0.39, 0.29) is 18.9 Å². The van der Waals surface area contributed by atoms with Gasteiger partial charge in [0.1, 0.15) is 17.2 Å². The Morgan fingerprint density at radius 1 is 1.32 bits per heavy atom. The summed E-state index contributed by atoms with van der Waals surface area (Å²) in [6.45, 7) is 0.130. The molecule has 1 saturated heterocycles. The maximum atomic E-state index is 12.0. The molecule has 0 radical (unpaired) electrons. The number of amides is 1. The summed E-state index contributed by atoms with van der Waals surface area (Å²) in [5.74, 6) is -0.931. The highest BCUT2D eigenvalue weighted by Crippen LogP contribution is 2.40. The molecular formula is C13H15NO5. The molecular weight excluding hydrogens is 250 g/mol. The van der Waals surface area contributed by atoms with E-state index in [1.54, 1.807) is 18.2 Å². The number of hydrogen-bond acceptors (Lipinski definition) is 4. The number of para-hydroxylation sites is 1. The smallest absolute Gasteiger partial charge is 0.308 e. The van der Waals surface area contributed by atoms with Gasteiger partial charge in [-0.3, -0.25) is 9.59 Å². The van der Waals surface area contributed by atoms with Gasteiger partial charge in [-0.2, -0.15) is 0 Å². The Balaban J connectivity index is 2.41. The van der Waals surface area contributed by atoms with E-state index >= 15 is 0 Å². The Labute approximate surface area is 110 Å². The number of ether oxygens (including phenoxy) is 2. The summed E-state index contributed by atoms with van der Waals surface area (Å²) >= 11 is 0. The minimum atomic E-state index is -0.968. The van der Waals surface area contributed by atoms with Crippen LogP contribution in [0.15, 0.2) is 18.2 Å². The van der Waals surface area contributed by atoms with Crippen molar-refractivity contribution < 1.29 is 24.2 Å². The number of hydrogen-bond donors (Lipinski definition) is 1. The van der Waals surface area contributed by atoms with Crippen LogP contribution in [0.4, 0.5) is 5.69 Å². The van der Waals surface area contributed by atoms with Gasteiger partial charge in [0.2, 0.25) is 5.91 Å². The van der Waals surface area contributed by atoms with Crippen molar-refractivity contribution >= 4 is 17.6 Å². The van der Waals surface area contributed by atoms with Crippen LogP contribution in [0.3, 0.4) is 0 Å². The van der Waals surface area contributed by atoms with Crippen molar-refractivity contribution in [3.8, 4) is 11.5 Å². The quantitative estimate of drug-likeness (QED) is 0.883. The Kier molecular flexibility index (Phi) is 3.59. The standard InChI is InChI=1S/C13H15NO5/c1-18-9-4-3-5-10(19-2)12(9)14-7-8(13(16)17)6-11(14)15/h3-5,8H,6-7H2,1-2H3,(H,16,17). The van der Waals surface area contributed by atoms with Crippen LogP contribution in [-0.2, 0) is 9.59 Å². The van der Waals surface area contributed by atoms with Crippen molar-refractivity contribution in [3.63, 3.8) is 0 Å². The van der Waals surface area contributed by atoms with Crippen LogP contribution in [0.1, 0.15) is 6.42 Å². The van der Waals surface area contributed by atoms with E-state index < -0.39 is 11.9 Å². The van der Waals surface area contributed by atoms with Gasteiger partial charge in [0.25, 0.3) is 0 Å². The molecule has 19 heavy (non-hydrogen) atoms. The molecule has 0 spiro atoms. The number of methoxy groups -OCH3 is 2. The highest BCUT2D eigenvalue weighted by molar-refractivity contribution is 6.01. The van der Waals surface area contributed by atoms with Crippen LogP contribution >= 0.6 is 0 Å². The lowest BCUT2D eigenvalue weighted by Crippen LogP contribution is -2.26. The highest BCUT2D eigenvalue weighted by atomic mass is 16.5. The van der Waals surface area contributed by atoms with Crippen molar-refractivity contribution in [1.29, 1.82) is 0 Å². The second-order valence-corrected chi connectivity index (χ2v) is 4.25. The number of carbonyl (C=O) groups is 2. The SMILES string of the molecule is COc1cccc(OC)c1N1CC(C(=O)O)CC1=O. The van der Waals surface area contributed by atoms with Gasteiger partial charge in [0.15, 0.2) is 0 Å². The van der Waals surface area contributed by atoms with Gasteiger partial charge < -0.3 is 19.5 Å². The molecule has 0 saturated carbocycles. The molecule has 6 nitrogen and oxygen atoms in total. The number of aliphatic carboxylic acids is 1. The first-order valence-electron chi connectivity index (χ1n) is 5.82. The average molecular weight is 265 g/mol. The van der Waals surface area contributed by atoms with Crippen molar-refractivity contribution in [1.82, 2.24) is 0 Å². The first kappa shape index (κ1) is 13.2. The number of anilines is 1. The predicted octanol–water partition coefficient (Wildman–Crippen LogP) is 1.14. The average Bonchev–Trinajstić information content (AvgIpc) is 2.79. The largest absolute Gasteiger partial charge is 0.494 e. The molecule has 1 unspecified atom stereocenters. The normalized spacial score (nSPS) is 18.5. The Morgan fingerprint density at radius 3 is 2.32 bits per heavy atom. The number of carboxylic acid groups (broad SMARTS) is 1. The second kappa shape index (κ2) is 5.17. The zero-order valence-electron chi connectivity index (χ0n) is 10.8. The summed E-state index contributed by atoms with van der Waals surface area (Å²) in [7, 11) is 2.99. The molecule has 1 N–H and O–H groups in total. The molecule has 0 bridgehead atoms. The van der Waals surface area contributed by atoms with E-state index in [2.05, 4.69) is 0 Å². The molecule has 1 aliphatic heterocycles. The fraction of sp³-hybridized carbons (Fsp3) is 0.385. The third-order valence-corrected chi connectivity index (χ3v) is 3.15. The molecule has 102 valence electrons. The summed E-state index contributed by atoms with van der Waals surface area (Å²) < 4.78 is 10.4. The molecule has 1 fully saturated rings. The summed E-state index contributed by atoms with van der Waals surface area (Å²) in [6, 6.07) is 5.16. The van der Waals surface area contributed by atoms with Gasteiger partial charge >= 0.3 is 5.97 Å². The van der Waals surface area contributed by atoms with E-state index in [1.165, 1.54) is 19.1 Å². The first-order chi connectivity index (χ1) is 9.08. The van der Waals surface area contributed by atoms with E-state index in [1.807, 2.05) is 0 Å². The van der Waals surface area contributed by atoms with Crippen LogP contribution in [0.5, 0.6) is 11.5 Å². The fourth-order valence-electron chi connectivity index (χ4n) is 2.19. The molecule has 1 aliphatic rings. The third-order valence-electron chi connectivity index (χ3n) is 3.15.